The number of hydrogen-bond acceptors (Lipinski definition) is 0. The smallest absolute Gasteiger partial charge is 0.0354 e. The van der Waals surface area contributed by atoms with E-state index in [4.69, 9.17) is 11.6 Å². The fraction of sp³-hybridized carbons (Fsp3) is 1.00. The molecule has 0 rings (SSSR count). The lowest BCUT2D eigenvalue weighted by molar-refractivity contribution is 0.419. The van der Waals surface area contributed by atoms with Crippen LogP contribution in [0.4, 0.5) is 0 Å². The van der Waals surface area contributed by atoms with Gasteiger partial charge in [0, 0.05) is 10.7 Å². The van der Waals surface area contributed by atoms with Crippen molar-refractivity contribution in [3.63, 3.8) is 0 Å². The SMILES string of the molecule is CC(C)(C)C(Br)CCl. The van der Waals surface area contributed by atoms with Crippen molar-refractivity contribution in [2.45, 2.75) is 25.6 Å². The Balaban J connectivity index is 3.62. The molecule has 0 saturated heterocycles. The predicted octanol–water partition coefficient (Wildman–Crippen LogP) is 3.03. The van der Waals surface area contributed by atoms with Crippen LogP contribution >= 0.6 is 27.5 Å². The van der Waals surface area contributed by atoms with Crippen molar-refractivity contribution in [1.82, 2.24) is 0 Å². The van der Waals surface area contributed by atoms with E-state index in [0.717, 1.165) is 0 Å². The summed E-state index contributed by atoms with van der Waals surface area (Å²) in [6, 6.07) is 0. The molecular weight excluding hydrogens is 187 g/mol. The van der Waals surface area contributed by atoms with Gasteiger partial charge in [-0.15, -0.1) is 11.6 Å². The van der Waals surface area contributed by atoms with Gasteiger partial charge >= 0.3 is 0 Å². The molecule has 0 radical (unpaired) electrons. The standard InChI is InChI=1S/C6H12BrCl/c1-6(2,3)5(7)4-8/h5H,4H2,1-3H3. The zero-order chi connectivity index (χ0) is 6.78. The van der Waals surface area contributed by atoms with Crippen LogP contribution in [-0.2, 0) is 0 Å². The van der Waals surface area contributed by atoms with E-state index in [-0.39, 0.29) is 0 Å². The molecule has 0 fully saturated rings. The van der Waals surface area contributed by atoms with E-state index >= 15 is 0 Å². The second kappa shape index (κ2) is 3.07. The van der Waals surface area contributed by atoms with Gasteiger partial charge in [-0.1, -0.05) is 36.7 Å². The summed E-state index contributed by atoms with van der Waals surface area (Å²) in [7, 11) is 0. The molecule has 0 aromatic carbocycles. The van der Waals surface area contributed by atoms with Gasteiger partial charge in [-0.05, 0) is 5.41 Å². The second-order valence-corrected chi connectivity index (χ2v) is 4.40. The minimum absolute atomic E-state index is 0.293. The topological polar surface area (TPSA) is 0 Å². The summed E-state index contributed by atoms with van der Waals surface area (Å²) in [5.41, 5.74) is 0.293. The molecule has 0 nitrogen and oxygen atoms in total. The molecule has 0 bridgehead atoms. The molecule has 0 aromatic rings. The molecule has 8 heavy (non-hydrogen) atoms. The average molecular weight is 200 g/mol. The first-order chi connectivity index (χ1) is 3.48. The third-order valence-electron chi connectivity index (χ3n) is 1.08. The first-order valence-electron chi connectivity index (χ1n) is 2.68. The maximum absolute atomic E-state index is 5.59. The van der Waals surface area contributed by atoms with Crippen molar-refractivity contribution >= 4 is 27.5 Å². The molecule has 1 unspecified atom stereocenters. The average Bonchev–Trinajstić information content (AvgIpc) is 1.62. The van der Waals surface area contributed by atoms with Crippen molar-refractivity contribution in [1.29, 1.82) is 0 Å². The summed E-state index contributed by atoms with van der Waals surface area (Å²) in [4.78, 5) is 0.427. The summed E-state index contributed by atoms with van der Waals surface area (Å²) < 4.78 is 0. The Morgan fingerprint density at radius 3 is 1.88 bits per heavy atom. The quantitative estimate of drug-likeness (QED) is 0.570. The highest BCUT2D eigenvalue weighted by atomic mass is 79.9. The molecule has 0 aromatic heterocycles. The molecule has 0 spiro atoms. The van der Waals surface area contributed by atoms with Gasteiger partial charge < -0.3 is 0 Å². The number of rotatable bonds is 1. The zero-order valence-electron chi connectivity index (χ0n) is 5.54. The Labute approximate surface area is 64.7 Å². The first-order valence-corrected chi connectivity index (χ1v) is 4.13. The molecule has 0 saturated carbocycles. The highest BCUT2D eigenvalue weighted by molar-refractivity contribution is 9.09. The third-order valence-corrected chi connectivity index (χ3v) is 3.45. The lowest BCUT2D eigenvalue weighted by Gasteiger charge is -2.22. The van der Waals surface area contributed by atoms with E-state index in [1.165, 1.54) is 0 Å². The molecular formula is C6H12BrCl. The highest BCUT2D eigenvalue weighted by Crippen LogP contribution is 2.26. The van der Waals surface area contributed by atoms with Crippen LogP contribution in [0.1, 0.15) is 20.8 Å². The minimum Gasteiger partial charge on any atom is -0.125 e. The van der Waals surface area contributed by atoms with Gasteiger partial charge in [-0.2, -0.15) is 0 Å². The molecule has 0 aliphatic carbocycles. The molecule has 0 aliphatic heterocycles. The summed E-state index contributed by atoms with van der Waals surface area (Å²) in [5, 5.41) is 0. The van der Waals surface area contributed by atoms with Gasteiger partial charge in [0.1, 0.15) is 0 Å². The van der Waals surface area contributed by atoms with E-state index < -0.39 is 0 Å². The molecule has 0 heterocycles. The summed E-state index contributed by atoms with van der Waals surface area (Å²) in [6.07, 6.45) is 0. The summed E-state index contributed by atoms with van der Waals surface area (Å²) in [6.45, 7) is 6.48. The Bertz CT molecular complexity index is 65.4. The van der Waals surface area contributed by atoms with Crippen LogP contribution in [0.2, 0.25) is 0 Å². The van der Waals surface area contributed by atoms with E-state index in [0.29, 0.717) is 16.1 Å². The van der Waals surface area contributed by atoms with Crippen LogP contribution < -0.4 is 0 Å². The minimum atomic E-state index is 0.293. The van der Waals surface area contributed by atoms with Crippen molar-refractivity contribution in [2.24, 2.45) is 5.41 Å². The molecule has 50 valence electrons. The number of hydrogen-bond donors (Lipinski definition) is 0. The zero-order valence-corrected chi connectivity index (χ0v) is 7.88. The van der Waals surface area contributed by atoms with Crippen LogP contribution in [-0.4, -0.2) is 10.7 Å². The second-order valence-electron chi connectivity index (χ2n) is 2.99. The Hall–Kier alpha value is 0.770. The van der Waals surface area contributed by atoms with Crippen molar-refractivity contribution in [2.75, 3.05) is 5.88 Å². The van der Waals surface area contributed by atoms with Crippen LogP contribution in [0.25, 0.3) is 0 Å². The number of halogens is 2. The largest absolute Gasteiger partial charge is 0.125 e. The molecule has 2 heteroatoms. The van der Waals surface area contributed by atoms with Crippen LogP contribution in [0.5, 0.6) is 0 Å². The van der Waals surface area contributed by atoms with Gasteiger partial charge in [-0.25, -0.2) is 0 Å². The fourth-order valence-corrected chi connectivity index (χ4v) is 0.694. The Kier molecular flexibility index (Phi) is 3.37. The monoisotopic (exact) mass is 198 g/mol. The van der Waals surface area contributed by atoms with E-state index in [1.807, 2.05) is 0 Å². The van der Waals surface area contributed by atoms with Crippen LogP contribution in [0, 0.1) is 5.41 Å². The fourth-order valence-electron chi connectivity index (χ4n) is 0.231. The predicted molar refractivity (Wildman–Crippen MR) is 42.9 cm³/mol. The van der Waals surface area contributed by atoms with E-state index in [1.54, 1.807) is 0 Å². The molecule has 0 amide bonds. The normalized spacial score (nSPS) is 16.1. The van der Waals surface area contributed by atoms with E-state index in [9.17, 15) is 0 Å². The molecule has 0 aliphatic rings. The summed E-state index contributed by atoms with van der Waals surface area (Å²) >= 11 is 9.06. The summed E-state index contributed by atoms with van der Waals surface area (Å²) in [5.74, 6) is 0.684. The highest BCUT2D eigenvalue weighted by Gasteiger charge is 2.19. The van der Waals surface area contributed by atoms with Gasteiger partial charge in [0.05, 0.1) is 0 Å². The lowest BCUT2D eigenvalue weighted by Crippen LogP contribution is -2.21. The number of alkyl halides is 2. The van der Waals surface area contributed by atoms with E-state index in [2.05, 4.69) is 36.7 Å². The van der Waals surface area contributed by atoms with Crippen LogP contribution in [0.15, 0.2) is 0 Å². The van der Waals surface area contributed by atoms with Gasteiger partial charge in [-0.3, -0.25) is 0 Å². The third kappa shape index (κ3) is 2.93. The Morgan fingerprint density at radius 2 is 1.88 bits per heavy atom. The first kappa shape index (κ1) is 8.77. The molecule has 0 N–H and O–H groups in total. The van der Waals surface area contributed by atoms with Crippen molar-refractivity contribution < 1.29 is 0 Å². The molecule has 1 atom stereocenters. The van der Waals surface area contributed by atoms with Gasteiger partial charge in [0.15, 0.2) is 0 Å². The maximum Gasteiger partial charge on any atom is 0.0354 e. The Morgan fingerprint density at radius 1 is 1.50 bits per heavy atom. The maximum atomic E-state index is 5.59. The van der Waals surface area contributed by atoms with Gasteiger partial charge in [0.25, 0.3) is 0 Å². The van der Waals surface area contributed by atoms with Crippen LogP contribution in [0.3, 0.4) is 0 Å². The van der Waals surface area contributed by atoms with Crippen molar-refractivity contribution in [3.05, 3.63) is 0 Å². The van der Waals surface area contributed by atoms with Crippen molar-refractivity contribution in [3.8, 4) is 0 Å². The lowest BCUT2D eigenvalue weighted by atomic mass is 9.93. The van der Waals surface area contributed by atoms with Gasteiger partial charge in [0.2, 0.25) is 0 Å².